The van der Waals surface area contributed by atoms with E-state index in [1.807, 2.05) is 6.07 Å². The summed E-state index contributed by atoms with van der Waals surface area (Å²) >= 11 is 0. The Morgan fingerprint density at radius 2 is 1.60 bits per heavy atom. The highest BCUT2D eigenvalue weighted by molar-refractivity contribution is 6.23. The van der Waals surface area contributed by atoms with Crippen molar-refractivity contribution in [2.75, 3.05) is 18.5 Å². The Morgan fingerprint density at radius 1 is 0.960 bits per heavy atom. The molecule has 25 heavy (non-hydrogen) atoms. The van der Waals surface area contributed by atoms with E-state index in [9.17, 15) is 14.4 Å². The van der Waals surface area contributed by atoms with Crippen molar-refractivity contribution >= 4 is 23.4 Å². The first-order valence-electron chi connectivity index (χ1n) is 8.69. The second-order valence-electron chi connectivity index (χ2n) is 8.31. The van der Waals surface area contributed by atoms with Crippen LogP contribution in [0.4, 0.5) is 5.69 Å². The van der Waals surface area contributed by atoms with Gasteiger partial charge in [0.1, 0.15) is 6.04 Å². The number of anilines is 1. The highest BCUT2D eigenvalue weighted by atomic mass is 16.2. The third-order valence-corrected chi connectivity index (χ3v) is 5.65. The summed E-state index contributed by atoms with van der Waals surface area (Å²) in [6, 6.07) is 8.45. The Balaban J connectivity index is 1.71. The summed E-state index contributed by atoms with van der Waals surface area (Å²) in [5.41, 5.74) is 0.438. The van der Waals surface area contributed by atoms with Gasteiger partial charge in [0.2, 0.25) is 17.7 Å². The quantitative estimate of drug-likeness (QED) is 0.723. The van der Waals surface area contributed by atoms with Gasteiger partial charge in [-0.05, 0) is 17.5 Å². The van der Waals surface area contributed by atoms with Gasteiger partial charge in [-0.3, -0.25) is 19.3 Å². The molecule has 3 aliphatic heterocycles. The van der Waals surface area contributed by atoms with Crippen molar-refractivity contribution in [1.82, 2.24) is 9.80 Å². The molecule has 1 aromatic carbocycles. The van der Waals surface area contributed by atoms with Gasteiger partial charge in [-0.2, -0.15) is 0 Å². The van der Waals surface area contributed by atoms with Gasteiger partial charge in [-0.1, -0.05) is 39.0 Å². The fourth-order valence-corrected chi connectivity index (χ4v) is 4.85. The summed E-state index contributed by atoms with van der Waals surface area (Å²) in [7, 11) is 1.79. The highest BCUT2D eigenvalue weighted by Crippen LogP contribution is 2.47. The number of amides is 3. The standard InChI is InChI=1S/C19H23N3O3/c1-19(2,3)18-20(4)17(25)14-13-12(10-21(14)18)15(23)22(16(13)24)11-8-6-5-7-9-11/h5-9,12-14,18H,10H2,1-4H3/t12-,13-,14+,18+/m0/s1. The first-order valence-corrected chi connectivity index (χ1v) is 8.69. The maximum Gasteiger partial charge on any atom is 0.241 e. The lowest BCUT2D eigenvalue weighted by Crippen LogP contribution is -2.48. The SMILES string of the molecule is CN1C(=O)[C@H]2[C@H]3C(=O)N(c4ccccc4)C(=O)[C@H]3CN2[C@@H]1C(C)(C)C. The number of para-hydroxylation sites is 1. The van der Waals surface area contributed by atoms with Crippen molar-refractivity contribution in [3.8, 4) is 0 Å². The number of imide groups is 1. The molecule has 3 amide bonds. The zero-order valence-corrected chi connectivity index (χ0v) is 15.0. The van der Waals surface area contributed by atoms with Gasteiger partial charge in [0.05, 0.1) is 23.7 Å². The van der Waals surface area contributed by atoms with Crippen molar-refractivity contribution in [2.45, 2.75) is 33.0 Å². The van der Waals surface area contributed by atoms with Crippen LogP contribution < -0.4 is 4.90 Å². The molecule has 1 aromatic rings. The van der Waals surface area contributed by atoms with Crippen LogP contribution in [0.25, 0.3) is 0 Å². The van der Waals surface area contributed by atoms with E-state index in [4.69, 9.17) is 0 Å². The first-order chi connectivity index (χ1) is 11.7. The van der Waals surface area contributed by atoms with Gasteiger partial charge in [0.25, 0.3) is 0 Å². The number of hydrogen-bond acceptors (Lipinski definition) is 4. The number of likely N-dealkylation sites (N-methyl/N-ethyl adjacent to an activating group) is 1. The summed E-state index contributed by atoms with van der Waals surface area (Å²) in [5, 5.41) is 0. The number of benzene rings is 1. The smallest absolute Gasteiger partial charge is 0.241 e. The van der Waals surface area contributed by atoms with Crippen LogP contribution in [-0.2, 0) is 14.4 Å². The zero-order valence-electron chi connectivity index (χ0n) is 15.0. The molecule has 3 aliphatic rings. The molecule has 0 aromatic heterocycles. The number of rotatable bonds is 1. The zero-order chi connectivity index (χ0) is 18.1. The molecule has 0 aliphatic carbocycles. The van der Waals surface area contributed by atoms with Crippen LogP contribution in [-0.4, -0.2) is 53.3 Å². The fraction of sp³-hybridized carbons (Fsp3) is 0.526. The predicted octanol–water partition coefficient (Wildman–Crippen LogP) is 1.32. The molecule has 4 atom stereocenters. The Hall–Kier alpha value is -2.21. The summed E-state index contributed by atoms with van der Waals surface area (Å²) in [6.45, 7) is 6.70. The van der Waals surface area contributed by atoms with Gasteiger partial charge < -0.3 is 4.90 Å². The van der Waals surface area contributed by atoms with Crippen LogP contribution in [0.2, 0.25) is 0 Å². The topological polar surface area (TPSA) is 60.9 Å². The average Bonchev–Trinajstić information content (AvgIpc) is 3.11. The molecular weight excluding hydrogens is 318 g/mol. The van der Waals surface area contributed by atoms with Crippen molar-refractivity contribution in [3.63, 3.8) is 0 Å². The molecule has 0 bridgehead atoms. The van der Waals surface area contributed by atoms with Crippen LogP contribution in [0, 0.1) is 17.3 Å². The highest BCUT2D eigenvalue weighted by Gasteiger charge is 2.65. The van der Waals surface area contributed by atoms with Gasteiger partial charge in [0.15, 0.2) is 0 Å². The van der Waals surface area contributed by atoms with Gasteiger partial charge in [0, 0.05) is 13.6 Å². The van der Waals surface area contributed by atoms with E-state index < -0.39 is 17.9 Å². The van der Waals surface area contributed by atoms with Crippen molar-refractivity contribution < 1.29 is 14.4 Å². The molecule has 6 heteroatoms. The first kappa shape index (κ1) is 16.3. The lowest BCUT2D eigenvalue weighted by atomic mass is 9.91. The molecule has 6 nitrogen and oxygen atoms in total. The second-order valence-corrected chi connectivity index (χ2v) is 8.31. The monoisotopic (exact) mass is 341 g/mol. The molecule has 3 saturated heterocycles. The molecule has 3 fully saturated rings. The molecule has 0 unspecified atom stereocenters. The maximum absolute atomic E-state index is 13.1. The minimum Gasteiger partial charge on any atom is -0.328 e. The molecule has 0 spiro atoms. The molecule has 0 N–H and O–H groups in total. The lowest BCUT2D eigenvalue weighted by Gasteiger charge is -2.37. The average molecular weight is 341 g/mol. The largest absolute Gasteiger partial charge is 0.328 e. The van der Waals surface area contributed by atoms with E-state index >= 15 is 0 Å². The Bertz CT molecular complexity index is 755. The number of hydrogen-bond donors (Lipinski definition) is 0. The molecule has 4 rings (SSSR count). The van der Waals surface area contributed by atoms with Crippen LogP contribution >= 0.6 is 0 Å². The Kier molecular flexibility index (Phi) is 3.35. The molecule has 132 valence electrons. The summed E-state index contributed by atoms with van der Waals surface area (Å²) in [4.78, 5) is 43.9. The van der Waals surface area contributed by atoms with Crippen molar-refractivity contribution in [1.29, 1.82) is 0 Å². The van der Waals surface area contributed by atoms with E-state index in [1.165, 1.54) is 4.90 Å². The van der Waals surface area contributed by atoms with Crippen molar-refractivity contribution in [2.24, 2.45) is 17.3 Å². The summed E-state index contributed by atoms with van der Waals surface area (Å²) in [5.74, 6) is -1.48. The normalized spacial score (nSPS) is 32.6. The molecule has 0 radical (unpaired) electrons. The van der Waals surface area contributed by atoms with Gasteiger partial charge in [-0.15, -0.1) is 0 Å². The van der Waals surface area contributed by atoms with E-state index in [-0.39, 0.29) is 29.3 Å². The van der Waals surface area contributed by atoms with Gasteiger partial charge >= 0.3 is 0 Å². The number of carbonyl (C=O) groups is 3. The van der Waals surface area contributed by atoms with Crippen LogP contribution in [0.3, 0.4) is 0 Å². The van der Waals surface area contributed by atoms with Crippen molar-refractivity contribution in [3.05, 3.63) is 30.3 Å². The van der Waals surface area contributed by atoms with Crippen LogP contribution in [0.1, 0.15) is 20.8 Å². The number of fused-ring (bicyclic) bond motifs is 3. The van der Waals surface area contributed by atoms with E-state index in [1.54, 1.807) is 36.2 Å². The minimum atomic E-state index is -0.574. The number of nitrogens with zero attached hydrogens (tertiary/aromatic N) is 3. The molecule has 3 heterocycles. The van der Waals surface area contributed by atoms with E-state index in [0.717, 1.165) is 0 Å². The molecule has 0 saturated carbocycles. The molecular formula is C19H23N3O3. The van der Waals surface area contributed by atoms with Crippen LogP contribution in [0.5, 0.6) is 0 Å². The van der Waals surface area contributed by atoms with Crippen LogP contribution in [0.15, 0.2) is 30.3 Å². The fourth-order valence-electron chi connectivity index (χ4n) is 4.85. The lowest BCUT2D eigenvalue weighted by molar-refractivity contribution is -0.133. The Labute approximate surface area is 147 Å². The predicted molar refractivity (Wildman–Crippen MR) is 92.4 cm³/mol. The minimum absolute atomic E-state index is 0.0523. The third kappa shape index (κ3) is 2.10. The third-order valence-electron chi connectivity index (χ3n) is 5.65. The number of carbonyl (C=O) groups excluding carboxylic acids is 3. The second kappa shape index (κ2) is 5.14. The maximum atomic E-state index is 13.1. The Morgan fingerprint density at radius 3 is 2.20 bits per heavy atom. The summed E-state index contributed by atoms with van der Waals surface area (Å²) < 4.78 is 0. The summed E-state index contributed by atoms with van der Waals surface area (Å²) in [6.07, 6.45) is -0.0959. The van der Waals surface area contributed by atoms with E-state index in [2.05, 4.69) is 25.7 Å². The van der Waals surface area contributed by atoms with E-state index in [0.29, 0.717) is 12.2 Å². The van der Waals surface area contributed by atoms with Gasteiger partial charge in [-0.25, -0.2) is 4.90 Å².